The van der Waals surface area contributed by atoms with Crippen molar-refractivity contribution in [2.75, 3.05) is 0 Å². The van der Waals surface area contributed by atoms with E-state index in [0.717, 1.165) is 5.92 Å². The molecule has 0 aromatic heterocycles. The smallest absolute Gasteiger partial charge is 0.107 e. The van der Waals surface area contributed by atoms with Gasteiger partial charge in [0.05, 0.1) is 0 Å². The zero-order valence-corrected chi connectivity index (χ0v) is 15.0. The number of unbranched alkanes of at least 4 members (excludes halogenated alkanes) is 4. The number of hydrogen-bond donors (Lipinski definition) is 0. The Morgan fingerprint density at radius 1 is 1.08 bits per heavy atom. The Hall–Kier alpha value is 1.65. The molecule has 0 nitrogen and oxygen atoms in total. The van der Waals surface area contributed by atoms with Crippen molar-refractivity contribution in [3.8, 4) is 0 Å². The third-order valence-corrected chi connectivity index (χ3v) is 5.11. The molecule has 0 heterocycles. The molecule has 12 heavy (non-hydrogen) atoms. The van der Waals surface area contributed by atoms with Crippen LogP contribution in [-0.4, -0.2) is 0 Å². The molecule has 0 fully saturated rings. The van der Waals surface area contributed by atoms with Gasteiger partial charge in [-0.3, -0.25) is 0 Å². The van der Waals surface area contributed by atoms with Crippen LogP contribution < -0.4 is 0 Å². The minimum absolute atomic E-state index is 0. The molecule has 71 valence electrons. The Morgan fingerprint density at radius 2 is 1.67 bits per heavy atom. The van der Waals surface area contributed by atoms with Crippen molar-refractivity contribution >= 4 is 24.0 Å². The summed E-state index contributed by atoms with van der Waals surface area (Å²) in [7, 11) is 0. The van der Waals surface area contributed by atoms with Crippen molar-refractivity contribution in [3.63, 3.8) is 0 Å². The first-order valence-corrected chi connectivity index (χ1v) is 7.96. The molecule has 0 rings (SSSR count). The van der Waals surface area contributed by atoms with E-state index in [-0.39, 0.29) is 24.0 Å². The summed E-state index contributed by atoms with van der Waals surface area (Å²) < 4.78 is 1.52. The van der Waals surface area contributed by atoms with Gasteiger partial charge in [-0.05, 0) is 0 Å². The zero-order chi connectivity index (χ0) is 8.53. The first kappa shape index (κ1) is 16.1. The maximum atomic E-state index is 2.40. The fraction of sp³-hybridized carbons (Fsp3) is 1.00. The van der Waals surface area contributed by atoms with Gasteiger partial charge >= 0.3 is 88.0 Å². The predicted octanol–water partition coefficient (Wildman–Crippen LogP) is 4.57. The summed E-state index contributed by atoms with van der Waals surface area (Å²) in [6, 6.07) is 0. The van der Waals surface area contributed by atoms with E-state index < -0.39 is 0 Å². The fourth-order valence-corrected chi connectivity index (χ4v) is 2.06. The van der Waals surface area contributed by atoms with Crippen LogP contribution >= 0.6 is 24.0 Å². The van der Waals surface area contributed by atoms with Gasteiger partial charge in [-0.15, -0.1) is 24.0 Å². The van der Waals surface area contributed by atoms with E-state index in [9.17, 15) is 0 Å². The normalized spacial score (nSPS) is 12.3. The maximum Gasteiger partial charge on any atom is -0.107 e. The summed E-state index contributed by atoms with van der Waals surface area (Å²) in [5.41, 5.74) is 0. The Kier molecular flexibility index (Phi) is 17.0. The minimum Gasteiger partial charge on any atom is -0.107 e. The van der Waals surface area contributed by atoms with Gasteiger partial charge in [0.2, 0.25) is 0 Å². The van der Waals surface area contributed by atoms with E-state index in [2.05, 4.69) is 13.8 Å². The van der Waals surface area contributed by atoms with E-state index in [1.165, 1.54) is 68.3 Å². The molecule has 0 saturated heterocycles. The Morgan fingerprint density at radius 3 is 2.17 bits per heavy atom. The summed E-state index contributed by atoms with van der Waals surface area (Å²) >= 11 is 1.19. The average Bonchev–Trinajstić information content (AvgIpc) is 2.04. The number of halogens is 1. The van der Waals surface area contributed by atoms with Crippen molar-refractivity contribution in [2.24, 2.45) is 5.92 Å². The quantitative estimate of drug-likeness (QED) is 0.344. The SMILES string of the molecule is CCCCCCCC(C)[CH2][Cd].I. The van der Waals surface area contributed by atoms with Gasteiger partial charge in [-0.25, -0.2) is 0 Å². The van der Waals surface area contributed by atoms with E-state index in [4.69, 9.17) is 0 Å². The van der Waals surface area contributed by atoms with E-state index in [1.807, 2.05) is 0 Å². The molecule has 0 N–H and O–H groups in total. The van der Waals surface area contributed by atoms with Gasteiger partial charge in [-0.2, -0.15) is 0 Å². The summed E-state index contributed by atoms with van der Waals surface area (Å²) in [6.07, 6.45) is 8.72. The average molecular weight is 382 g/mol. The second-order valence-corrected chi connectivity index (χ2v) is 5.24. The van der Waals surface area contributed by atoms with Crippen LogP contribution in [0.4, 0.5) is 0 Å². The van der Waals surface area contributed by atoms with Crippen molar-refractivity contribution in [3.05, 3.63) is 0 Å². The topological polar surface area (TPSA) is 0 Å². The first-order chi connectivity index (χ1) is 5.31. The van der Waals surface area contributed by atoms with Crippen LogP contribution in [0.2, 0.25) is 3.98 Å². The number of rotatable bonds is 7. The molecule has 0 spiro atoms. The summed E-state index contributed by atoms with van der Waals surface area (Å²) in [5.74, 6) is 1.03. The van der Waals surface area contributed by atoms with Crippen LogP contribution in [0.25, 0.3) is 0 Å². The van der Waals surface area contributed by atoms with Crippen molar-refractivity contribution < 1.29 is 25.8 Å². The molecule has 0 aliphatic carbocycles. The molecule has 0 aliphatic heterocycles. The second-order valence-electron chi connectivity index (χ2n) is 3.60. The standard InChI is InChI=1S/C10H21.Cd.HI/c1-4-5-6-7-8-9-10(2)3;;/h10H,2,4-9H2,1,3H3;;1H. The molecule has 1 unspecified atom stereocenters. The first-order valence-electron chi connectivity index (χ1n) is 5.10. The molecule has 0 saturated carbocycles. The molecule has 0 amide bonds. The molecular formula is C10H22CdI. The summed E-state index contributed by atoms with van der Waals surface area (Å²) in [6.45, 7) is 4.68. The van der Waals surface area contributed by atoms with Crippen molar-refractivity contribution in [1.29, 1.82) is 0 Å². The maximum absolute atomic E-state index is 2.40. The Labute approximate surface area is 111 Å². The molecule has 0 aliphatic rings. The van der Waals surface area contributed by atoms with Crippen LogP contribution in [0.3, 0.4) is 0 Å². The van der Waals surface area contributed by atoms with Crippen LogP contribution in [0, 0.1) is 5.92 Å². The van der Waals surface area contributed by atoms with Crippen LogP contribution in [0.5, 0.6) is 0 Å². The van der Waals surface area contributed by atoms with Gasteiger partial charge in [-0.1, -0.05) is 0 Å². The van der Waals surface area contributed by atoms with Crippen LogP contribution in [0.15, 0.2) is 0 Å². The zero-order valence-electron chi connectivity index (χ0n) is 8.64. The van der Waals surface area contributed by atoms with Gasteiger partial charge in [0.15, 0.2) is 0 Å². The van der Waals surface area contributed by atoms with Gasteiger partial charge < -0.3 is 0 Å². The summed E-state index contributed by atoms with van der Waals surface area (Å²) in [4.78, 5) is 0. The third kappa shape index (κ3) is 11.7. The van der Waals surface area contributed by atoms with Crippen molar-refractivity contribution in [1.82, 2.24) is 0 Å². The summed E-state index contributed by atoms with van der Waals surface area (Å²) in [5, 5.41) is 0. The fourth-order valence-electron chi connectivity index (χ4n) is 1.24. The van der Waals surface area contributed by atoms with Crippen LogP contribution in [-0.2, 0) is 25.8 Å². The predicted molar refractivity (Wildman–Crippen MR) is 62.8 cm³/mol. The molecule has 0 radical (unpaired) electrons. The minimum atomic E-state index is 0. The Bertz CT molecular complexity index is 76.2. The molecule has 1 atom stereocenters. The van der Waals surface area contributed by atoms with E-state index in [0.29, 0.717) is 0 Å². The molecular weight excluding hydrogens is 359 g/mol. The van der Waals surface area contributed by atoms with Gasteiger partial charge in [0, 0.05) is 0 Å². The molecule has 2 heteroatoms. The Balaban J connectivity index is 0. The van der Waals surface area contributed by atoms with Gasteiger partial charge in [0.25, 0.3) is 0 Å². The van der Waals surface area contributed by atoms with Crippen LogP contribution in [0.1, 0.15) is 52.4 Å². The van der Waals surface area contributed by atoms with Crippen molar-refractivity contribution in [2.45, 2.75) is 56.4 Å². The monoisotopic (exact) mass is 383 g/mol. The second kappa shape index (κ2) is 12.7. The van der Waals surface area contributed by atoms with Gasteiger partial charge in [0.1, 0.15) is 0 Å². The molecule has 0 bridgehead atoms. The molecule has 0 aromatic carbocycles. The number of hydrogen-bond acceptors (Lipinski definition) is 0. The third-order valence-electron chi connectivity index (χ3n) is 2.29. The molecule has 0 aromatic rings. The van der Waals surface area contributed by atoms with E-state index in [1.54, 1.807) is 0 Å². The van der Waals surface area contributed by atoms with E-state index >= 15 is 0 Å². The largest absolute Gasteiger partial charge is 0.107 e.